The first-order valence-corrected chi connectivity index (χ1v) is 8.70. The number of nitrogens with one attached hydrogen (secondary N) is 1. The summed E-state index contributed by atoms with van der Waals surface area (Å²) in [5, 5.41) is 3.22. The molecule has 2 N–H and O–H groups in total. The highest BCUT2D eigenvalue weighted by molar-refractivity contribution is 7.76. The summed E-state index contributed by atoms with van der Waals surface area (Å²) < 4.78 is 26.9. The number of nitrogens with zero attached hydrogens (tertiary/aromatic N) is 1. The quantitative estimate of drug-likeness (QED) is 0.292. The zero-order chi connectivity index (χ0) is 17.9. The second-order valence-corrected chi connectivity index (χ2v) is 5.94. The molecule has 0 saturated carbocycles. The Morgan fingerprint density at radius 1 is 1.46 bits per heavy atom. The molecule has 0 spiro atoms. The first-order chi connectivity index (χ1) is 11.5. The van der Waals surface area contributed by atoms with Gasteiger partial charge >= 0.3 is 5.97 Å². The van der Waals surface area contributed by atoms with Crippen LogP contribution in [0.25, 0.3) is 0 Å². The summed E-state index contributed by atoms with van der Waals surface area (Å²) in [6.45, 7) is 7.98. The zero-order valence-electron chi connectivity index (χ0n) is 14.0. The maximum absolute atomic E-state index is 12.2. The van der Waals surface area contributed by atoms with Crippen molar-refractivity contribution >= 4 is 17.2 Å². The van der Waals surface area contributed by atoms with E-state index < -0.39 is 17.2 Å². The SMILES string of the molecule is C=CCN(/C=C(/C(=O)OCC)C(C)NCc1ccccc1)S(=O)O. The van der Waals surface area contributed by atoms with Crippen molar-refractivity contribution in [3.63, 3.8) is 0 Å². The third-order valence-electron chi connectivity index (χ3n) is 3.23. The van der Waals surface area contributed by atoms with Gasteiger partial charge in [0.2, 0.25) is 0 Å². The molecule has 7 heteroatoms. The van der Waals surface area contributed by atoms with Crippen molar-refractivity contribution in [1.29, 1.82) is 0 Å². The molecule has 132 valence electrons. The van der Waals surface area contributed by atoms with Crippen molar-refractivity contribution in [2.75, 3.05) is 13.2 Å². The summed E-state index contributed by atoms with van der Waals surface area (Å²) in [5.74, 6) is -0.523. The Balaban J connectivity index is 2.92. The monoisotopic (exact) mass is 352 g/mol. The smallest absolute Gasteiger partial charge is 0.337 e. The molecule has 0 aliphatic rings. The molecule has 0 saturated heterocycles. The van der Waals surface area contributed by atoms with Gasteiger partial charge in [0.25, 0.3) is 11.3 Å². The van der Waals surface area contributed by atoms with Crippen molar-refractivity contribution in [2.24, 2.45) is 0 Å². The molecular formula is C17H24N2O4S. The van der Waals surface area contributed by atoms with E-state index in [0.29, 0.717) is 6.54 Å². The molecule has 0 aliphatic heterocycles. The molecule has 0 amide bonds. The summed E-state index contributed by atoms with van der Waals surface area (Å²) in [7, 11) is 0. The maximum Gasteiger partial charge on any atom is 0.337 e. The molecule has 0 aliphatic carbocycles. The predicted molar refractivity (Wildman–Crippen MR) is 95.1 cm³/mol. The van der Waals surface area contributed by atoms with E-state index in [0.717, 1.165) is 9.87 Å². The number of carbonyl (C=O) groups is 1. The van der Waals surface area contributed by atoms with Gasteiger partial charge < -0.3 is 10.1 Å². The lowest BCUT2D eigenvalue weighted by Crippen LogP contribution is -2.34. The van der Waals surface area contributed by atoms with Gasteiger partial charge in [-0.3, -0.25) is 8.86 Å². The second kappa shape index (κ2) is 10.7. The van der Waals surface area contributed by atoms with Crippen LogP contribution in [0.2, 0.25) is 0 Å². The number of esters is 1. The Morgan fingerprint density at radius 2 is 2.12 bits per heavy atom. The molecule has 2 atom stereocenters. The minimum Gasteiger partial charge on any atom is -0.463 e. The van der Waals surface area contributed by atoms with Crippen molar-refractivity contribution in [2.45, 2.75) is 26.4 Å². The van der Waals surface area contributed by atoms with Crippen LogP contribution in [0.1, 0.15) is 19.4 Å². The van der Waals surface area contributed by atoms with Crippen LogP contribution in [-0.4, -0.2) is 38.2 Å². The third-order valence-corrected chi connectivity index (χ3v) is 3.88. The Kier molecular flexibility index (Phi) is 8.99. The van der Waals surface area contributed by atoms with E-state index in [1.54, 1.807) is 13.8 Å². The van der Waals surface area contributed by atoms with E-state index in [1.165, 1.54) is 12.3 Å². The first-order valence-electron chi connectivity index (χ1n) is 7.64. The summed E-state index contributed by atoms with van der Waals surface area (Å²) in [4.78, 5) is 12.2. The van der Waals surface area contributed by atoms with Gasteiger partial charge in [-0.1, -0.05) is 36.4 Å². The van der Waals surface area contributed by atoms with E-state index in [9.17, 15) is 13.6 Å². The molecule has 1 rings (SSSR count). The van der Waals surface area contributed by atoms with Crippen molar-refractivity contribution in [3.05, 3.63) is 60.3 Å². The van der Waals surface area contributed by atoms with Crippen molar-refractivity contribution in [3.8, 4) is 0 Å². The molecule has 0 aromatic heterocycles. The lowest BCUT2D eigenvalue weighted by molar-refractivity contribution is -0.138. The van der Waals surface area contributed by atoms with Gasteiger partial charge in [-0.15, -0.1) is 6.58 Å². The molecule has 6 nitrogen and oxygen atoms in total. The van der Waals surface area contributed by atoms with Crippen molar-refractivity contribution < 1.29 is 18.3 Å². The number of hydrogen-bond acceptors (Lipinski definition) is 4. The maximum atomic E-state index is 12.2. The predicted octanol–water partition coefficient (Wildman–Crippen LogP) is 2.24. The van der Waals surface area contributed by atoms with Crippen LogP contribution in [-0.2, 0) is 27.3 Å². The van der Waals surface area contributed by atoms with Crippen molar-refractivity contribution in [1.82, 2.24) is 9.62 Å². The van der Waals surface area contributed by atoms with Crippen LogP contribution >= 0.6 is 0 Å². The number of benzene rings is 1. The normalized spacial score (nSPS) is 13.9. The van der Waals surface area contributed by atoms with Gasteiger partial charge in [-0.25, -0.2) is 9.00 Å². The van der Waals surface area contributed by atoms with Crippen LogP contribution < -0.4 is 5.32 Å². The largest absolute Gasteiger partial charge is 0.463 e. The third kappa shape index (κ3) is 6.66. The molecule has 0 fully saturated rings. The molecule has 24 heavy (non-hydrogen) atoms. The molecule has 0 radical (unpaired) electrons. The fraction of sp³-hybridized carbons (Fsp3) is 0.353. The summed E-state index contributed by atoms with van der Waals surface area (Å²) in [5.41, 5.74) is 1.35. The Labute approximate surface area is 145 Å². The molecule has 2 unspecified atom stereocenters. The highest BCUT2D eigenvalue weighted by Crippen LogP contribution is 2.10. The number of ether oxygens (including phenoxy) is 1. The van der Waals surface area contributed by atoms with E-state index in [2.05, 4.69) is 11.9 Å². The van der Waals surface area contributed by atoms with Gasteiger partial charge in [0.15, 0.2) is 0 Å². The highest BCUT2D eigenvalue weighted by atomic mass is 32.2. The van der Waals surface area contributed by atoms with E-state index >= 15 is 0 Å². The zero-order valence-corrected chi connectivity index (χ0v) is 14.8. The second-order valence-electron chi connectivity index (χ2n) is 5.01. The standard InChI is InChI=1S/C17H24N2O4S/c1-4-11-19(24(21)22)13-16(17(20)23-5-2)14(3)18-12-15-9-7-6-8-10-15/h4,6-10,13-14,18H,1,5,11-12H2,2-3H3,(H,21,22)/b16-13+. The highest BCUT2D eigenvalue weighted by Gasteiger charge is 2.20. The van der Waals surface area contributed by atoms with E-state index in [-0.39, 0.29) is 24.8 Å². The molecule has 0 heterocycles. The lowest BCUT2D eigenvalue weighted by Gasteiger charge is -2.20. The minimum absolute atomic E-state index is 0.136. The van der Waals surface area contributed by atoms with Gasteiger partial charge in [0.05, 0.1) is 18.7 Å². The summed E-state index contributed by atoms with van der Waals surface area (Å²) >= 11 is -2.25. The molecule has 0 bridgehead atoms. The fourth-order valence-electron chi connectivity index (χ4n) is 1.98. The first kappa shape index (κ1) is 20.1. The van der Waals surface area contributed by atoms with Crippen LogP contribution in [0.15, 0.2) is 54.8 Å². The number of hydrogen-bond donors (Lipinski definition) is 2. The number of carbonyl (C=O) groups excluding carboxylic acids is 1. The lowest BCUT2D eigenvalue weighted by atomic mass is 10.1. The van der Waals surface area contributed by atoms with Crippen LogP contribution in [0, 0.1) is 0 Å². The average molecular weight is 352 g/mol. The van der Waals surface area contributed by atoms with E-state index in [4.69, 9.17) is 4.74 Å². The van der Waals surface area contributed by atoms with Gasteiger partial charge in [0.1, 0.15) is 0 Å². The molecule has 1 aromatic rings. The van der Waals surface area contributed by atoms with Gasteiger partial charge in [-0.05, 0) is 19.4 Å². The van der Waals surface area contributed by atoms with E-state index in [1.807, 2.05) is 30.3 Å². The number of rotatable bonds is 10. The van der Waals surface area contributed by atoms with Gasteiger partial charge in [0, 0.05) is 18.8 Å². The Morgan fingerprint density at radius 3 is 2.67 bits per heavy atom. The average Bonchev–Trinajstić information content (AvgIpc) is 2.57. The topological polar surface area (TPSA) is 78.9 Å². The summed E-state index contributed by atoms with van der Waals surface area (Å²) in [6, 6.07) is 9.39. The van der Waals surface area contributed by atoms with Crippen LogP contribution in [0.5, 0.6) is 0 Å². The molecule has 1 aromatic carbocycles. The Hall–Kier alpha value is -1.96. The summed E-state index contributed by atoms with van der Waals surface area (Å²) in [6.07, 6.45) is 2.83. The van der Waals surface area contributed by atoms with Crippen LogP contribution in [0.3, 0.4) is 0 Å². The Bertz CT molecular complexity index is 590. The molecular weight excluding hydrogens is 328 g/mol. The minimum atomic E-state index is -2.25. The van der Waals surface area contributed by atoms with Crippen LogP contribution in [0.4, 0.5) is 0 Å². The van der Waals surface area contributed by atoms with Gasteiger partial charge in [-0.2, -0.15) is 0 Å². The fourth-order valence-corrected chi connectivity index (χ4v) is 2.41.